The summed E-state index contributed by atoms with van der Waals surface area (Å²) in [6.07, 6.45) is 3.69. The van der Waals surface area contributed by atoms with Gasteiger partial charge in [-0.3, -0.25) is 4.79 Å². The molecule has 0 saturated carbocycles. The highest BCUT2D eigenvalue weighted by molar-refractivity contribution is 5.85. The minimum atomic E-state index is -0.0675. The first kappa shape index (κ1) is 18.2. The summed E-state index contributed by atoms with van der Waals surface area (Å²) in [5, 5.41) is 3.23. The summed E-state index contributed by atoms with van der Waals surface area (Å²) in [5.41, 5.74) is 2.53. The smallest absolute Gasteiger partial charge is 0.225 e. The number of ether oxygens (including phenoxy) is 1. The van der Waals surface area contributed by atoms with Crippen LogP contribution in [-0.4, -0.2) is 44.1 Å². The Morgan fingerprint density at radius 2 is 2.22 bits per heavy atom. The number of carbonyl (C=O) groups is 1. The van der Waals surface area contributed by atoms with E-state index in [1.165, 1.54) is 17.5 Å². The highest BCUT2D eigenvalue weighted by Crippen LogP contribution is 2.30. The van der Waals surface area contributed by atoms with E-state index in [-0.39, 0.29) is 24.4 Å². The molecule has 2 aliphatic heterocycles. The number of nitrogens with one attached hydrogen (secondary N) is 1. The lowest BCUT2D eigenvalue weighted by molar-refractivity contribution is -0.136. The van der Waals surface area contributed by atoms with Gasteiger partial charge in [-0.15, -0.1) is 12.4 Å². The molecule has 1 aromatic carbocycles. The molecule has 0 aromatic heterocycles. The Labute approximate surface area is 145 Å². The first-order valence-electron chi connectivity index (χ1n) is 8.39. The van der Waals surface area contributed by atoms with Gasteiger partial charge in [0.05, 0.1) is 19.1 Å². The van der Waals surface area contributed by atoms with Crippen molar-refractivity contribution >= 4 is 18.3 Å². The van der Waals surface area contributed by atoms with Gasteiger partial charge in [-0.05, 0) is 49.9 Å². The van der Waals surface area contributed by atoms with E-state index < -0.39 is 0 Å². The lowest BCUT2D eigenvalue weighted by Gasteiger charge is -2.34. The summed E-state index contributed by atoms with van der Waals surface area (Å²) >= 11 is 0. The molecular formula is C18H27ClN2O2. The highest BCUT2D eigenvalue weighted by atomic mass is 35.5. The van der Waals surface area contributed by atoms with Gasteiger partial charge in [0.15, 0.2) is 0 Å². The van der Waals surface area contributed by atoms with E-state index in [0.717, 1.165) is 39.1 Å². The fourth-order valence-electron chi connectivity index (χ4n) is 3.68. The molecule has 1 saturated heterocycles. The SMILES string of the molecule is CNCC1CCCN(C(=O)CC2OCCc3ccccc32)C1.Cl. The Hall–Kier alpha value is -1.10. The molecule has 128 valence electrons. The zero-order chi connectivity index (χ0) is 15.4. The molecule has 4 nitrogen and oxygen atoms in total. The third-order valence-electron chi connectivity index (χ3n) is 4.82. The molecule has 2 unspecified atom stereocenters. The van der Waals surface area contributed by atoms with Crippen molar-refractivity contribution in [2.45, 2.75) is 31.8 Å². The van der Waals surface area contributed by atoms with E-state index in [4.69, 9.17) is 4.74 Å². The van der Waals surface area contributed by atoms with Crippen molar-refractivity contribution in [2.75, 3.05) is 33.3 Å². The minimum absolute atomic E-state index is 0. The van der Waals surface area contributed by atoms with E-state index in [1.807, 2.05) is 18.0 Å². The zero-order valence-electron chi connectivity index (χ0n) is 13.8. The Morgan fingerprint density at radius 3 is 3.04 bits per heavy atom. The summed E-state index contributed by atoms with van der Waals surface area (Å²) < 4.78 is 5.88. The predicted molar refractivity (Wildman–Crippen MR) is 93.9 cm³/mol. The predicted octanol–water partition coefficient (Wildman–Crippen LogP) is 2.57. The fourth-order valence-corrected chi connectivity index (χ4v) is 3.68. The molecule has 3 rings (SSSR count). The third-order valence-corrected chi connectivity index (χ3v) is 4.82. The van der Waals surface area contributed by atoms with Crippen LogP contribution in [0.1, 0.15) is 36.5 Å². The van der Waals surface area contributed by atoms with Crippen molar-refractivity contribution in [3.8, 4) is 0 Å². The van der Waals surface area contributed by atoms with E-state index in [9.17, 15) is 4.79 Å². The van der Waals surface area contributed by atoms with Crippen LogP contribution in [0.2, 0.25) is 0 Å². The number of piperidine rings is 1. The normalized spacial score (nSPS) is 23.8. The van der Waals surface area contributed by atoms with Crippen LogP contribution in [-0.2, 0) is 16.0 Å². The summed E-state index contributed by atoms with van der Waals surface area (Å²) in [4.78, 5) is 14.7. The monoisotopic (exact) mass is 338 g/mol. The van der Waals surface area contributed by atoms with Crippen LogP contribution < -0.4 is 5.32 Å². The molecule has 5 heteroatoms. The maximum Gasteiger partial charge on any atom is 0.225 e. The van der Waals surface area contributed by atoms with Crippen LogP contribution in [0.3, 0.4) is 0 Å². The van der Waals surface area contributed by atoms with Crippen LogP contribution in [0, 0.1) is 5.92 Å². The van der Waals surface area contributed by atoms with Crippen LogP contribution in [0.4, 0.5) is 0 Å². The third kappa shape index (κ3) is 4.46. The lowest BCUT2D eigenvalue weighted by Crippen LogP contribution is -2.43. The Bertz CT molecular complexity index is 521. The number of benzene rings is 1. The molecule has 2 aliphatic rings. The van der Waals surface area contributed by atoms with Gasteiger partial charge in [0, 0.05) is 13.1 Å². The second-order valence-electron chi connectivity index (χ2n) is 6.42. The van der Waals surface area contributed by atoms with Gasteiger partial charge in [0.2, 0.25) is 5.91 Å². The number of hydrogen-bond acceptors (Lipinski definition) is 3. The van der Waals surface area contributed by atoms with E-state index in [2.05, 4.69) is 23.5 Å². The minimum Gasteiger partial charge on any atom is -0.373 e. The summed E-state index contributed by atoms with van der Waals surface area (Å²) in [7, 11) is 1.98. The number of halogens is 1. The van der Waals surface area contributed by atoms with Gasteiger partial charge >= 0.3 is 0 Å². The number of carbonyl (C=O) groups excluding carboxylic acids is 1. The second kappa shape index (κ2) is 8.67. The van der Waals surface area contributed by atoms with Crippen LogP contribution in [0.25, 0.3) is 0 Å². The van der Waals surface area contributed by atoms with Crippen molar-refractivity contribution < 1.29 is 9.53 Å². The quantitative estimate of drug-likeness (QED) is 0.917. The van der Waals surface area contributed by atoms with Crippen molar-refractivity contribution in [1.29, 1.82) is 0 Å². The van der Waals surface area contributed by atoms with Gasteiger partial charge in [-0.2, -0.15) is 0 Å². The molecule has 1 aromatic rings. The summed E-state index contributed by atoms with van der Waals surface area (Å²) in [5.74, 6) is 0.824. The molecule has 23 heavy (non-hydrogen) atoms. The standard InChI is InChI=1S/C18H26N2O2.ClH/c1-19-12-14-5-4-9-20(13-14)18(21)11-17-16-7-3-2-6-15(16)8-10-22-17;/h2-3,6-7,14,17,19H,4-5,8-13H2,1H3;1H. The van der Waals surface area contributed by atoms with Gasteiger partial charge in [-0.25, -0.2) is 0 Å². The Balaban J connectivity index is 0.00000192. The van der Waals surface area contributed by atoms with Crippen LogP contribution in [0.15, 0.2) is 24.3 Å². The van der Waals surface area contributed by atoms with Gasteiger partial charge in [0.25, 0.3) is 0 Å². The highest BCUT2D eigenvalue weighted by Gasteiger charge is 2.28. The maximum absolute atomic E-state index is 12.7. The first-order chi connectivity index (χ1) is 10.8. The Kier molecular flexibility index (Phi) is 6.88. The maximum atomic E-state index is 12.7. The van der Waals surface area contributed by atoms with E-state index >= 15 is 0 Å². The first-order valence-corrected chi connectivity index (χ1v) is 8.39. The Morgan fingerprint density at radius 1 is 1.39 bits per heavy atom. The number of amides is 1. The zero-order valence-corrected chi connectivity index (χ0v) is 14.6. The lowest BCUT2D eigenvalue weighted by atomic mass is 9.94. The number of hydrogen-bond donors (Lipinski definition) is 1. The molecule has 0 bridgehead atoms. The van der Waals surface area contributed by atoms with Crippen molar-refractivity contribution in [3.63, 3.8) is 0 Å². The molecule has 0 aliphatic carbocycles. The van der Waals surface area contributed by atoms with Gasteiger partial charge < -0.3 is 15.0 Å². The average molecular weight is 339 g/mol. The van der Waals surface area contributed by atoms with Crippen molar-refractivity contribution in [3.05, 3.63) is 35.4 Å². The van der Waals surface area contributed by atoms with Crippen LogP contribution >= 0.6 is 12.4 Å². The van der Waals surface area contributed by atoms with Gasteiger partial charge in [0.1, 0.15) is 0 Å². The van der Waals surface area contributed by atoms with E-state index in [1.54, 1.807) is 0 Å². The fraction of sp³-hybridized carbons (Fsp3) is 0.611. The molecule has 2 heterocycles. The number of rotatable bonds is 4. The summed E-state index contributed by atoms with van der Waals surface area (Å²) in [6.45, 7) is 3.49. The van der Waals surface area contributed by atoms with Crippen molar-refractivity contribution in [2.24, 2.45) is 5.92 Å². The van der Waals surface area contributed by atoms with Crippen LogP contribution in [0.5, 0.6) is 0 Å². The molecule has 1 amide bonds. The number of fused-ring (bicyclic) bond motifs is 1. The number of nitrogens with zero attached hydrogens (tertiary/aromatic N) is 1. The van der Waals surface area contributed by atoms with E-state index in [0.29, 0.717) is 12.3 Å². The molecule has 2 atom stereocenters. The molecular weight excluding hydrogens is 312 g/mol. The second-order valence-corrected chi connectivity index (χ2v) is 6.42. The molecule has 1 N–H and O–H groups in total. The topological polar surface area (TPSA) is 41.6 Å². The summed E-state index contributed by atoms with van der Waals surface area (Å²) in [6, 6.07) is 8.36. The van der Waals surface area contributed by atoms with Gasteiger partial charge in [-0.1, -0.05) is 24.3 Å². The largest absolute Gasteiger partial charge is 0.373 e. The van der Waals surface area contributed by atoms with Crippen molar-refractivity contribution in [1.82, 2.24) is 10.2 Å². The number of likely N-dealkylation sites (tertiary alicyclic amines) is 1. The molecule has 0 radical (unpaired) electrons. The molecule has 1 fully saturated rings. The average Bonchev–Trinajstić information content (AvgIpc) is 2.56. The molecule has 0 spiro atoms.